The number of hydrogen-bond donors (Lipinski definition) is 1. The fraction of sp³-hybridized carbons (Fsp3) is 0.304. The highest BCUT2D eigenvalue weighted by atomic mass is 32.1. The van der Waals surface area contributed by atoms with Gasteiger partial charge in [-0.3, -0.25) is 9.59 Å². The third kappa shape index (κ3) is 3.51. The number of aromatic nitrogens is 3. The molecule has 5 rings (SSSR count). The molecule has 1 amide bonds. The Balaban J connectivity index is 1.46. The Hall–Kier alpha value is -3.10. The first-order valence-electron chi connectivity index (χ1n) is 10.3. The van der Waals surface area contributed by atoms with Gasteiger partial charge in [-0.2, -0.15) is 0 Å². The predicted octanol–water partition coefficient (Wildman–Crippen LogP) is 3.89. The van der Waals surface area contributed by atoms with E-state index in [0.29, 0.717) is 28.9 Å². The van der Waals surface area contributed by atoms with Crippen LogP contribution in [0.4, 0.5) is 5.69 Å². The van der Waals surface area contributed by atoms with Gasteiger partial charge in [0.2, 0.25) is 5.91 Å². The number of nitrogens with one attached hydrogen (secondary N) is 1. The van der Waals surface area contributed by atoms with E-state index in [2.05, 4.69) is 29.5 Å². The molecule has 2 aromatic heterocycles. The van der Waals surface area contributed by atoms with Gasteiger partial charge in [0, 0.05) is 22.4 Å². The number of ether oxygens (including phenoxy) is 1. The molecule has 0 radical (unpaired) electrons. The summed E-state index contributed by atoms with van der Waals surface area (Å²) in [6.45, 7) is 4.42. The third-order valence-corrected chi connectivity index (χ3v) is 7.06. The lowest BCUT2D eigenvalue weighted by Gasteiger charge is -2.32. The third-order valence-electron chi connectivity index (χ3n) is 5.97. The van der Waals surface area contributed by atoms with E-state index in [1.165, 1.54) is 11.3 Å². The Morgan fingerprint density at radius 1 is 1.26 bits per heavy atom. The Kier molecular flexibility index (Phi) is 4.83. The standard InChI is InChI=1S/C23H22N4O3S/c1-3-23(2)11-16-18(13-30-23)31-21-20(16)22(29)27(26-25-21)12-19(28)24-17-10-6-8-14-7-4-5-9-15(14)17/h4-10H,3,11-13H2,1-2H3,(H,24,28)/t23-/m1/s1. The van der Waals surface area contributed by atoms with E-state index in [9.17, 15) is 9.59 Å². The minimum Gasteiger partial charge on any atom is -0.369 e. The van der Waals surface area contributed by atoms with Crippen LogP contribution in [0, 0.1) is 0 Å². The number of hydrogen-bond acceptors (Lipinski definition) is 6. The molecule has 0 saturated carbocycles. The molecule has 3 heterocycles. The van der Waals surface area contributed by atoms with Crippen LogP contribution in [-0.4, -0.2) is 26.5 Å². The van der Waals surface area contributed by atoms with Crippen LogP contribution in [0.15, 0.2) is 47.3 Å². The van der Waals surface area contributed by atoms with Crippen molar-refractivity contribution >= 4 is 43.9 Å². The summed E-state index contributed by atoms with van der Waals surface area (Å²) in [5.74, 6) is -0.321. The van der Waals surface area contributed by atoms with Crippen molar-refractivity contribution in [3.8, 4) is 0 Å². The van der Waals surface area contributed by atoms with Crippen LogP contribution in [0.25, 0.3) is 21.0 Å². The summed E-state index contributed by atoms with van der Waals surface area (Å²) in [5, 5.41) is 13.7. The highest BCUT2D eigenvalue weighted by Gasteiger charge is 2.33. The summed E-state index contributed by atoms with van der Waals surface area (Å²) in [5.41, 5.74) is 1.11. The number of thiophene rings is 1. The topological polar surface area (TPSA) is 86.1 Å². The van der Waals surface area contributed by atoms with Gasteiger partial charge in [0.1, 0.15) is 6.54 Å². The van der Waals surface area contributed by atoms with Gasteiger partial charge in [-0.1, -0.05) is 48.5 Å². The molecule has 2 aromatic carbocycles. The summed E-state index contributed by atoms with van der Waals surface area (Å²) in [4.78, 5) is 27.6. The summed E-state index contributed by atoms with van der Waals surface area (Å²) in [6.07, 6.45) is 1.51. The number of fused-ring (bicyclic) bond motifs is 4. The second-order valence-corrected chi connectivity index (χ2v) is 9.16. The first-order valence-corrected chi connectivity index (χ1v) is 11.1. The molecule has 0 spiro atoms. The lowest BCUT2D eigenvalue weighted by Crippen LogP contribution is -2.35. The molecule has 8 heteroatoms. The van der Waals surface area contributed by atoms with Crippen molar-refractivity contribution in [1.29, 1.82) is 0 Å². The molecular formula is C23H22N4O3S. The number of anilines is 1. The van der Waals surface area contributed by atoms with Crippen molar-refractivity contribution in [3.05, 3.63) is 63.3 Å². The van der Waals surface area contributed by atoms with Gasteiger partial charge in [0.25, 0.3) is 5.56 Å². The molecular weight excluding hydrogens is 412 g/mol. The van der Waals surface area contributed by atoms with Crippen LogP contribution < -0.4 is 10.9 Å². The lowest BCUT2D eigenvalue weighted by atomic mass is 9.90. The number of amides is 1. The largest absolute Gasteiger partial charge is 0.369 e. The average Bonchev–Trinajstić information content (AvgIpc) is 3.14. The molecule has 1 N–H and O–H groups in total. The predicted molar refractivity (Wildman–Crippen MR) is 121 cm³/mol. The molecule has 1 aliphatic rings. The summed E-state index contributed by atoms with van der Waals surface area (Å²) in [7, 11) is 0. The average molecular weight is 435 g/mol. The van der Waals surface area contributed by atoms with Crippen LogP contribution in [0.1, 0.15) is 30.7 Å². The zero-order valence-corrected chi connectivity index (χ0v) is 18.2. The molecule has 0 aliphatic carbocycles. The maximum atomic E-state index is 13.2. The Morgan fingerprint density at radius 2 is 2.06 bits per heavy atom. The smallest absolute Gasteiger partial charge is 0.279 e. The molecule has 0 saturated heterocycles. The highest BCUT2D eigenvalue weighted by molar-refractivity contribution is 7.18. The summed E-state index contributed by atoms with van der Waals surface area (Å²) >= 11 is 1.44. The molecule has 31 heavy (non-hydrogen) atoms. The monoisotopic (exact) mass is 434 g/mol. The lowest BCUT2D eigenvalue weighted by molar-refractivity contribution is -0.117. The minimum atomic E-state index is -0.321. The van der Waals surface area contributed by atoms with E-state index in [1.807, 2.05) is 42.5 Å². The molecule has 0 fully saturated rings. The van der Waals surface area contributed by atoms with Gasteiger partial charge in [-0.25, -0.2) is 4.68 Å². The van der Waals surface area contributed by atoms with Gasteiger partial charge in [0.05, 0.1) is 17.6 Å². The fourth-order valence-corrected chi connectivity index (χ4v) is 5.05. The van der Waals surface area contributed by atoms with E-state index in [4.69, 9.17) is 4.74 Å². The molecule has 4 aromatic rings. The van der Waals surface area contributed by atoms with E-state index < -0.39 is 0 Å². The molecule has 7 nitrogen and oxygen atoms in total. The molecule has 0 bridgehead atoms. The SMILES string of the molecule is CC[C@]1(C)Cc2c(sc3nnn(CC(=O)Nc4cccc5ccccc45)c(=O)c23)CO1. The van der Waals surface area contributed by atoms with E-state index in [-0.39, 0.29) is 23.6 Å². The zero-order chi connectivity index (χ0) is 21.6. The van der Waals surface area contributed by atoms with Crippen molar-refractivity contribution in [1.82, 2.24) is 15.0 Å². The fourth-order valence-electron chi connectivity index (χ4n) is 4.01. The number of rotatable bonds is 4. The quantitative estimate of drug-likeness (QED) is 0.527. The van der Waals surface area contributed by atoms with Crippen molar-refractivity contribution in [2.24, 2.45) is 0 Å². The van der Waals surface area contributed by atoms with Crippen molar-refractivity contribution < 1.29 is 9.53 Å². The van der Waals surface area contributed by atoms with Gasteiger partial charge >= 0.3 is 0 Å². The first kappa shape index (κ1) is 19.8. The number of benzene rings is 2. The van der Waals surface area contributed by atoms with Crippen LogP contribution in [-0.2, 0) is 29.1 Å². The van der Waals surface area contributed by atoms with Gasteiger partial charge in [-0.15, -0.1) is 16.4 Å². The van der Waals surface area contributed by atoms with Crippen LogP contribution >= 0.6 is 11.3 Å². The summed E-state index contributed by atoms with van der Waals surface area (Å²) < 4.78 is 7.14. The second-order valence-electron chi connectivity index (χ2n) is 8.08. The van der Waals surface area contributed by atoms with Crippen LogP contribution in [0.5, 0.6) is 0 Å². The van der Waals surface area contributed by atoms with Gasteiger partial charge < -0.3 is 10.1 Å². The van der Waals surface area contributed by atoms with Crippen LogP contribution in [0.2, 0.25) is 0 Å². The first-order chi connectivity index (χ1) is 15.0. The Morgan fingerprint density at radius 3 is 2.90 bits per heavy atom. The van der Waals surface area contributed by atoms with E-state index >= 15 is 0 Å². The summed E-state index contributed by atoms with van der Waals surface area (Å²) in [6, 6.07) is 13.5. The maximum Gasteiger partial charge on any atom is 0.279 e. The maximum absolute atomic E-state index is 13.2. The second kappa shape index (κ2) is 7.55. The van der Waals surface area contributed by atoms with Crippen molar-refractivity contribution in [3.63, 3.8) is 0 Å². The minimum absolute atomic E-state index is 0.197. The molecule has 158 valence electrons. The Labute approximate surface area is 182 Å². The molecule has 0 unspecified atom stereocenters. The molecule has 1 aliphatic heterocycles. The number of carbonyl (C=O) groups excluding carboxylic acids is 1. The van der Waals surface area contributed by atoms with Gasteiger partial charge in [0.15, 0.2) is 4.83 Å². The van der Waals surface area contributed by atoms with Crippen molar-refractivity contribution in [2.75, 3.05) is 5.32 Å². The van der Waals surface area contributed by atoms with Crippen LogP contribution in [0.3, 0.4) is 0 Å². The van der Waals surface area contributed by atoms with E-state index in [1.54, 1.807) is 0 Å². The van der Waals surface area contributed by atoms with Crippen molar-refractivity contribution in [2.45, 2.75) is 45.4 Å². The Bertz CT molecular complexity index is 1370. The number of nitrogens with zero attached hydrogens (tertiary/aromatic N) is 3. The highest BCUT2D eigenvalue weighted by Crippen LogP contribution is 2.37. The normalized spacial score (nSPS) is 18.3. The zero-order valence-electron chi connectivity index (χ0n) is 17.3. The van der Waals surface area contributed by atoms with E-state index in [0.717, 1.165) is 32.3 Å². The number of carbonyl (C=O) groups is 1. The van der Waals surface area contributed by atoms with Gasteiger partial charge in [-0.05, 0) is 30.4 Å². The molecule has 1 atom stereocenters.